The van der Waals surface area contributed by atoms with Crippen LogP contribution in [0.3, 0.4) is 0 Å². The number of hydrogen-bond donors (Lipinski definition) is 0. The number of carbonyl (C=O) groups is 1. The zero-order valence-corrected chi connectivity index (χ0v) is 16.0. The zero-order valence-electron chi connectivity index (χ0n) is 16.0. The van der Waals surface area contributed by atoms with Crippen molar-refractivity contribution in [1.29, 1.82) is 0 Å². The number of anilines is 2. The largest absolute Gasteiger partial charge is 0.444 e. The zero-order chi connectivity index (χ0) is 18.7. The lowest BCUT2D eigenvalue weighted by Gasteiger charge is -2.29. The summed E-state index contributed by atoms with van der Waals surface area (Å²) in [7, 11) is 2.00. The van der Waals surface area contributed by atoms with Gasteiger partial charge in [0.05, 0.1) is 6.04 Å². The number of carbonyl (C=O) groups excluding carboxylic acids is 1. The minimum atomic E-state index is -0.481. The average Bonchev–Trinajstić information content (AvgIpc) is 3.10. The summed E-state index contributed by atoms with van der Waals surface area (Å²) in [6, 6.07) is 14.2. The van der Waals surface area contributed by atoms with E-state index < -0.39 is 5.60 Å². The normalized spacial score (nSPS) is 17.2. The van der Waals surface area contributed by atoms with Crippen LogP contribution < -0.4 is 4.90 Å². The molecule has 2 aromatic rings. The fraction of sp³-hybridized carbons (Fsp3) is 0.429. The van der Waals surface area contributed by atoms with E-state index >= 15 is 0 Å². The van der Waals surface area contributed by atoms with Crippen molar-refractivity contribution < 1.29 is 9.53 Å². The summed E-state index contributed by atoms with van der Waals surface area (Å²) in [5, 5.41) is 0. The molecule has 1 aromatic heterocycles. The van der Waals surface area contributed by atoms with E-state index in [1.165, 1.54) is 0 Å². The second kappa shape index (κ2) is 7.36. The molecule has 0 bridgehead atoms. The first-order chi connectivity index (χ1) is 12.3. The van der Waals surface area contributed by atoms with Crippen molar-refractivity contribution in [3.8, 4) is 0 Å². The Morgan fingerprint density at radius 1 is 1.19 bits per heavy atom. The predicted octanol–water partition coefficient (Wildman–Crippen LogP) is 4.92. The molecule has 0 radical (unpaired) electrons. The maximum Gasteiger partial charge on any atom is 0.410 e. The van der Waals surface area contributed by atoms with Gasteiger partial charge >= 0.3 is 6.09 Å². The number of likely N-dealkylation sites (tertiary alicyclic amines) is 1. The molecule has 1 fully saturated rings. The van der Waals surface area contributed by atoms with Gasteiger partial charge in [-0.25, -0.2) is 9.78 Å². The van der Waals surface area contributed by atoms with E-state index in [4.69, 9.17) is 4.74 Å². The average molecular weight is 353 g/mol. The van der Waals surface area contributed by atoms with Gasteiger partial charge in [0, 0.05) is 25.5 Å². The Hall–Kier alpha value is -2.56. The molecule has 3 rings (SSSR count). The van der Waals surface area contributed by atoms with E-state index in [1.807, 2.05) is 68.1 Å². The summed E-state index contributed by atoms with van der Waals surface area (Å²) in [5.41, 5.74) is 1.66. The van der Waals surface area contributed by atoms with Gasteiger partial charge in [0.2, 0.25) is 0 Å². The Morgan fingerprint density at radius 2 is 1.92 bits per heavy atom. The van der Waals surface area contributed by atoms with Gasteiger partial charge in [-0.05, 0) is 57.4 Å². The molecule has 1 aliphatic heterocycles. The van der Waals surface area contributed by atoms with Gasteiger partial charge in [-0.2, -0.15) is 0 Å². The van der Waals surface area contributed by atoms with Gasteiger partial charge in [-0.3, -0.25) is 0 Å². The van der Waals surface area contributed by atoms with E-state index in [9.17, 15) is 4.79 Å². The monoisotopic (exact) mass is 353 g/mol. The molecule has 0 aliphatic carbocycles. The molecular formula is C21H27N3O2. The van der Waals surface area contributed by atoms with Crippen LogP contribution in [0, 0.1) is 0 Å². The highest BCUT2D eigenvalue weighted by molar-refractivity contribution is 5.69. The van der Waals surface area contributed by atoms with Crippen molar-refractivity contribution >= 4 is 17.6 Å². The summed E-state index contributed by atoms with van der Waals surface area (Å²) in [6.45, 7) is 6.41. The van der Waals surface area contributed by atoms with Gasteiger partial charge < -0.3 is 14.5 Å². The lowest BCUT2D eigenvalue weighted by Crippen LogP contribution is -2.36. The summed E-state index contributed by atoms with van der Waals surface area (Å²) in [6.07, 6.45) is 3.55. The highest BCUT2D eigenvalue weighted by Gasteiger charge is 2.33. The van der Waals surface area contributed by atoms with Gasteiger partial charge in [0.25, 0.3) is 0 Å². The minimum Gasteiger partial charge on any atom is -0.444 e. The van der Waals surface area contributed by atoms with Crippen LogP contribution in [0.5, 0.6) is 0 Å². The highest BCUT2D eigenvalue weighted by Crippen LogP contribution is 2.33. The van der Waals surface area contributed by atoms with Crippen molar-refractivity contribution in [2.45, 2.75) is 45.3 Å². The standard InChI is InChI=1S/C21H27N3O2/c1-21(2,3)26-20(25)24-14-8-11-18(24)16-12-13-19(22-15-16)23(4)17-9-6-5-7-10-17/h5-7,9-10,12-13,15,18H,8,11,14H2,1-4H3. The summed E-state index contributed by atoms with van der Waals surface area (Å²) in [5.74, 6) is 0.877. The number of ether oxygens (including phenoxy) is 1. The van der Waals surface area contributed by atoms with Gasteiger partial charge in [0.15, 0.2) is 0 Å². The molecule has 5 nitrogen and oxygen atoms in total. The molecular weight excluding hydrogens is 326 g/mol. The van der Waals surface area contributed by atoms with Crippen LogP contribution in [0.15, 0.2) is 48.7 Å². The first-order valence-electron chi connectivity index (χ1n) is 9.09. The lowest BCUT2D eigenvalue weighted by atomic mass is 10.1. The molecule has 0 N–H and O–H groups in total. The van der Waals surface area contributed by atoms with Crippen LogP contribution in [-0.2, 0) is 4.74 Å². The van der Waals surface area contributed by atoms with Gasteiger partial charge in [0.1, 0.15) is 11.4 Å². The van der Waals surface area contributed by atoms with Gasteiger partial charge in [-0.1, -0.05) is 24.3 Å². The first kappa shape index (κ1) is 18.2. The van der Waals surface area contributed by atoms with Crippen LogP contribution in [0.2, 0.25) is 0 Å². The topological polar surface area (TPSA) is 45.7 Å². The number of amides is 1. The number of aromatic nitrogens is 1. The number of para-hydroxylation sites is 1. The molecule has 138 valence electrons. The Labute approximate surface area is 155 Å². The Morgan fingerprint density at radius 3 is 2.54 bits per heavy atom. The van der Waals surface area contributed by atoms with Crippen molar-refractivity contribution in [2.24, 2.45) is 0 Å². The van der Waals surface area contributed by atoms with Crippen molar-refractivity contribution in [3.05, 3.63) is 54.2 Å². The first-order valence-corrected chi connectivity index (χ1v) is 9.09. The molecule has 1 saturated heterocycles. The summed E-state index contributed by atoms with van der Waals surface area (Å²) in [4.78, 5) is 21.0. The lowest BCUT2D eigenvalue weighted by molar-refractivity contribution is 0.0224. The maximum atomic E-state index is 12.5. The van der Waals surface area contributed by atoms with Crippen molar-refractivity contribution in [2.75, 3.05) is 18.5 Å². The van der Waals surface area contributed by atoms with Crippen LogP contribution in [0.1, 0.15) is 45.2 Å². The van der Waals surface area contributed by atoms with Crippen LogP contribution in [-0.4, -0.2) is 35.2 Å². The Balaban J connectivity index is 1.74. The molecule has 2 heterocycles. The summed E-state index contributed by atoms with van der Waals surface area (Å²) >= 11 is 0. The number of pyridine rings is 1. The van der Waals surface area contributed by atoms with E-state index in [2.05, 4.69) is 23.2 Å². The van der Waals surface area contributed by atoms with Crippen molar-refractivity contribution in [3.63, 3.8) is 0 Å². The van der Waals surface area contributed by atoms with Crippen LogP contribution in [0.25, 0.3) is 0 Å². The number of benzene rings is 1. The maximum absolute atomic E-state index is 12.5. The van der Waals surface area contributed by atoms with Crippen molar-refractivity contribution in [1.82, 2.24) is 9.88 Å². The third-order valence-corrected chi connectivity index (χ3v) is 4.52. The molecule has 1 amide bonds. The second-order valence-electron chi connectivity index (χ2n) is 7.68. The molecule has 26 heavy (non-hydrogen) atoms. The van der Waals surface area contributed by atoms with E-state index in [1.54, 1.807) is 0 Å². The van der Waals surface area contributed by atoms with E-state index in [0.717, 1.165) is 36.5 Å². The number of rotatable bonds is 3. The third kappa shape index (κ3) is 4.15. The van der Waals surface area contributed by atoms with Gasteiger partial charge in [-0.15, -0.1) is 0 Å². The Bertz CT molecular complexity index is 738. The minimum absolute atomic E-state index is 0.0356. The second-order valence-corrected chi connectivity index (χ2v) is 7.68. The molecule has 1 atom stereocenters. The SMILES string of the molecule is CN(c1ccccc1)c1ccc(C2CCCN2C(=O)OC(C)(C)C)cn1. The Kier molecular flexibility index (Phi) is 5.16. The van der Waals surface area contributed by atoms with Crippen LogP contribution in [0.4, 0.5) is 16.3 Å². The quantitative estimate of drug-likeness (QED) is 0.785. The molecule has 0 spiro atoms. The smallest absolute Gasteiger partial charge is 0.410 e. The van der Waals surface area contributed by atoms with Crippen LogP contribution >= 0.6 is 0 Å². The predicted molar refractivity (Wildman–Crippen MR) is 104 cm³/mol. The molecule has 1 aliphatic rings. The number of nitrogens with zero attached hydrogens (tertiary/aromatic N) is 3. The highest BCUT2D eigenvalue weighted by atomic mass is 16.6. The molecule has 0 saturated carbocycles. The third-order valence-electron chi connectivity index (χ3n) is 4.52. The molecule has 5 heteroatoms. The van der Waals surface area contributed by atoms with E-state index in [0.29, 0.717) is 0 Å². The number of hydrogen-bond acceptors (Lipinski definition) is 4. The molecule has 1 unspecified atom stereocenters. The van der Waals surface area contributed by atoms with E-state index in [-0.39, 0.29) is 12.1 Å². The molecule has 1 aromatic carbocycles. The fourth-order valence-corrected chi connectivity index (χ4v) is 3.23. The summed E-state index contributed by atoms with van der Waals surface area (Å²) < 4.78 is 5.55. The fourth-order valence-electron chi connectivity index (χ4n) is 3.23.